The molecule has 0 heterocycles. The molecular formula is C30H38F2O. The fourth-order valence-corrected chi connectivity index (χ4v) is 4.74. The number of benzene rings is 2. The molecule has 1 fully saturated rings. The van der Waals surface area contributed by atoms with Gasteiger partial charge in [-0.05, 0) is 92.4 Å². The van der Waals surface area contributed by atoms with Crippen LogP contribution in [0.2, 0.25) is 0 Å². The topological polar surface area (TPSA) is 9.23 Å². The van der Waals surface area contributed by atoms with Gasteiger partial charge in [0.05, 0.1) is 13.0 Å². The highest BCUT2D eigenvalue weighted by atomic mass is 19.3. The van der Waals surface area contributed by atoms with Gasteiger partial charge in [0.2, 0.25) is 0 Å². The van der Waals surface area contributed by atoms with Gasteiger partial charge in [-0.1, -0.05) is 66.8 Å². The second-order valence-corrected chi connectivity index (χ2v) is 9.35. The minimum absolute atomic E-state index is 0.0803. The fraction of sp³-hybridized carbons (Fsp3) is 0.467. The van der Waals surface area contributed by atoms with E-state index in [9.17, 15) is 8.78 Å². The first kappa shape index (κ1) is 25.4. The molecule has 3 rings (SSSR count). The van der Waals surface area contributed by atoms with Crippen LogP contribution >= 0.6 is 0 Å². The van der Waals surface area contributed by atoms with E-state index in [4.69, 9.17) is 4.74 Å². The Morgan fingerprint density at radius 1 is 0.909 bits per heavy atom. The van der Waals surface area contributed by atoms with E-state index in [0.717, 1.165) is 36.3 Å². The molecule has 0 N–H and O–H groups in total. The van der Waals surface area contributed by atoms with Gasteiger partial charge >= 0.3 is 6.11 Å². The molecule has 1 saturated carbocycles. The number of halogens is 2. The van der Waals surface area contributed by atoms with Crippen LogP contribution in [0.3, 0.4) is 0 Å². The van der Waals surface area contributed by atoms with Crippen molar-refractivity contribution in [2.24, 2.45) is 5.92 Å². The summed E-state index contributed by atoms with van der Waals surface area (Å²) in [7, 11) is 0. The van der Waals surface area contributed by atoms with E-state index in [1.54, 1.807) is 12.1 Å². The van der Waals surface area contributed by atoms with E-state index >= 15 is 0 Å². The van der Waals surface area contributed by atoms with Gasteiger partial charge in [-0.25, -0.2) is 0 Å². The average molecular weight is 453 g/mol. The van der Waals surface area contributed by atoms with Crippen LogP contribution in [-0.2, 0) is 24.2 Å². The van der Waals surface area contributed by atoms with Crippen LogP contribution in [0.25, 0.3) is 0 Å². The van der Waals surface area contributed by atoms with Crippen LogP contribution in [0.1, 0.15) is 80.0 Å². The second-order valence-electron chi connectivity index (χ2n) is 9.35. The molecular weight excluding hydrogens is 414 g/mol. The lowest BCUT2D eigenvalue weighted by Crippen LogP contribution is -2.23. The normalized spacial score (nSPS) is 19.1. The van der Waals surface area contributed by atoms with Crippen molar-refractivity contribution >= 4 is 0 Å². The molecule has 0 atom stereocenters. The van der Waals surface area contributed by atoms with Gasteiger partial charge in [0.1, 0.15) is 0 Å². The lowest BCUT2D eigenvalue weighted by Gasteiger charge is -2.28. The Morgan fingerprint density at radius 2 is 1.55 bits per heavy atom. The van der Waals surface area contributed by atoms with Crippen LogP contribution in [0.5, 0.6) is 0 Å². The molecule has 0 aliphatic heterocycles. The molecule has 0 aromatic heterocycles. The van der Waals surface area contributed by atoms with Gasteiger partial charge in [-0.15, -0.1) is 6.58 Å². The van der Waals surface area contributed by atoms with E-state index < -0.39 is 12.5 Å². The Morgan fingerprint density at radius 3 is 2.18 bits per heavy atom. The van der Waals surface area contributed by atoms with Crippen molar-refractivity contribution in [3.63, 3.8) is 0 Å². The van der Waals surface area contributed by atoms with Crippen LogP contribution in [0.4, 0.5) is 8.78 Å². The minimum Gasteiger partial charge on any atom is -0.315 e. The van der Waals surface area contributed by atoms with Gasteiger partial charge in [0, 0.05) is 0 Å². The van der Waals surface area contributed by atoms with Crippen LogP contribution in [0, 0.1) is 5.92 Å². The number of alkyl halides is 2. The summed E-state index contributed by atoms with van der Waals surface area (Å²) in [5.41, 5.74) is 3.86. The number of aryl methyl sites for hydroxylation is 1. The molecule has 33 heavy (non-hydrogen) atoms. The SMILES string of the molecule is C=CCCC1CCC(c2ccc(COC(F)(F)Cc3ccc(CC/C=C/C)cc3)cc2)CC1. The molecule has 0 amide bonds. The highest BCUT2D eigenvalue weighted by molar-refractivity contribution is 5.26. The predicted molar refractivity (Wildman–Crippen MR) is 134 cm³/mol. The van der Waals surface area contributed by atoms with Gasteiger partial charge < -0.3 is 4.74 Å². The summed E-state index contributed by atoms with van der Waals surface area (Å²) in [5, 5.41) is 0. The van der Waals surface area contributed by atoms with E-state index in [1.807, 2.05) is 43.3 Å². The highest BCUT2D eigenvalue weighted by Gasteiger charge is 2.30. The van der Waals surface area contributed by atoms with E-state index in [2.05, 4.69) is 24.8 Å². The lowest BCUT2D eigenvalue weighted by atomic mass is 9.77. The van der Waals surface area contributed by atoms with E-state index in [-0.39, 0.29) is 6.61 Å². The third-order valence-corrected chi connectivity index (χ3v) is 6.80. The van der Waals surface area contributed by atoms with Crippen molar-refractivity contribution in [2.45, 2.75) is 83.3 Å². The molecule has 1 aliphatic carbocycles. The summed E-state index contributed by atoms with van der Waals surface area (Å²) in [5.74, 6) is 1.41. The molecule has 2 aromatic carbocycles. The Kier molecular flexibility index (Phi) is 9.87. The maximum atomic E-state index is 14.4. The Labute approximate surface area is 198 Å². The summed E-state index contributed by atoms with van der Waals surface area (Å²) >= 11 is 0. The van der Waals surface area contributed by atoms with Crippen molar-refractivity contribution in [1.29, 1.82) is 0 Å². The molecule has 2 aromatic rings. The summed E-state index contributed by atoms with van der Waals surface area (Å²) in [6.07, 6.45) is 11.8. The third-order valence-electron chi connectivity index (χ3n) is 6.80. The molecule has 0 spiro atoms. The monoisotopic (exact) mass is 452 g/mol. The summed E-state index contributed by atoms with van der Waals surface area (Å²) in [4.78, 5) is 0. The van der Waals surface area contributed by atoms with Crippen molar-refractivity contribution in [2.75, 3.05) is 0 Å². The molecule has 3 heteroatoms. The first-order chi connectivity index (χ1) is 16.0. The molecule has 178 valence electrons. The largest absolute Gasteiger partial charge is 0.360 e. The zero-order chi connectivity index (χ0) is 23.5. The fourth-order valence-electron chi connectivity index (χ4n) is 4.74. The number of hydrogen-bond acceptors (Lipinski definition) is 1. The van der Waals surface area contributed by atoms with Crippen LogP contribution < -0.4 is 0 Å². The van der Waals surface area contributed by atoms with Crippen molar-refractivity contribution in [1.82, 2.24) is 0 Å². The predicted octanol–water partition coefficient (Wildman–Crippen LogP) is 8.79. The molecule has 0 radical (unpaired) electrons. The van der Waals surface area contributed by atoms with Crippen molar-refractivity contribution in [3.8, 4) is 0 Å². The minimum atomic E-state index is -3.19. The van der Waals surface area contributed by atoms with E-state index in [1.165, 1.54) is 37.7 Å². The number of hydrogen-bond donors (Lipinski definition) is 0. The zero-order valence-electron chi connectivity index (χ0n) is 19.9. The molecule has 0 unspecified atom stereocenters. The molecule has 1 nitrogen and oxygen atoms in total. The summed E-state index contributed by atoms with van der Waals surface area (Å²) in [6, 6.07) is 15.5. The van der Waals surface area contributed by atoms with Crippen molar-refractivity contribution in [3.05, 3.63) is 95.6 Å². The summed E-state index contributed by atoms with van der Waals surface area (Å²) < 4.78 is 33.8. The number of ether oxygens (including phenoxy) is 1. The van der Waals surface area contributed by atoms with E-state index in [0.29, 0.717) is 11.5 Å². The third kappa shape index (κ3) is 8.55. The average Bonchev–Trinajstić information content (AvgIpc) is 2.83. The van der Waals surface area contributed by atoms with Crippen LogP contribution in [-0.4, -0.2) is 6.11 Å². The Balaban J connectivity index is 1.45. The maximum absolute atomic E-state index is 14.4. The van der Waals surface area contributed by atoms with Crippen LogP contribution in [0.15, 0.2) is 73.3 Å². The number of allylic oxidation sites excluding steroid dienone is 3. The first-order valence-corrected chi connectivity index (χ1v) is 12.4. The standard InChI is InChI=1S/C30H38F2O/c1-3-5-7-9-25-10-12-26(13-11-25)22-30(31,32)33-23-27-16-20-29(21-17-27)28-18-14-24(15-19-28)8-6-4-2/h3-5,10-13,16-17,20-21,24,28H,2,6-9,14-15,18-19,22-23H2,1H3/b5-3+. The zero-order valence-corrected chi connectivity index (χ0v) is 19.9. The quantitative estimate of drug-likeness (QED) is 0.292. The highest BCUT2D eigenvalue weighted by Crippen LogP contribution is 2.37. The first-order valence-electron chi connectivity index (χ1n) is 12.4. The number of rotatable bonds is 12. The second kappa shape index (κ2) is 12.8. The van der Waals surface area contributed by atoms with Gasteiger partial charge in [-0.2, -0.15) is 8.78 Å². The smallest absolute Gasteiger partial charge is 0.315 e. The van der Waals surface area contributed by atoms with Crippen molar-refractivity contribution < 1.29 is 13.5 Å². The van der Waals surface area contributed by atoms with Gasteiger partial charge in [0.15, 0.2) is 0 Å². The summed E-state index contributed by atoms with van der Waals surface area (Å²) in [6.45, 7) is 5.74. The molecule has 0 saturated heterocycles. The maximum Gasteiger partial charge on any atom is 0.360 e. The Hall–Kier alpha value is -2.26. The van der Waals surface area contributed by atoms with Gasteiger partial charge in [-0.3, -0.25) is 0 Å². The molecule has 1 aliphatic rings. The molecule has 0 bridgehead atoms. The Bertz CT molecular complexity index is 859. The van der Waals surface area contributed by atoms with Gasteiger partial charge in [0.25, 0.3) is 0 Å². The lowest BCUT2D eigenvalue weighted by molar-refractivity contribution is -0.244.